The third-order valence-electron chi connectivity index (χ3n) is 9.97. The van der Waals surface area contributed by atoms with Gasteiger partial charge in [-0.1, -0.05) is 179 Å². The topological polar surface area (TPSA) is 95.9 Å². The van der Waals surface area contributed by atoms with Gasteiger partial charge in [-0.3, -0.25) is 9.59 Å². The molecule has 3 N–H and O–H groups in total. The van der Waals surface area contributed by atoms with Gasteiger partial charge < -0.3 is 20.3 Å². The summed E-state index contributed by atoms with van der Waals surface area (Å²) in [7, 11) is 0. The highest BCUT2D eigenvalue weighted by molar-refractivity contribution is 5.76. The standard InChI is InChI=1S/C45H85NO5/c1-3-5-7-9-11-13-14-15-16-17-18-23-27-31-35-39-45(50)51-40-36-32-28-24-20-19-22-26-30-34-38-44(49)46-42(41-47)43(48)37-33-29-25-21-12-10-8-6-4-2/h15-16,33,37,42-43,47-48H,3-14,17-32,34-36,38-41H2,1-2H3,(H,46,49)/b16-15-,37-33+. The Balaban J connectivity index is 3.50. The zero-order chi connectivity index (χ0) is 37.3. The molecule has 1 amide bonds. The molecule has 300 valence electrons. The molecule has 0 aliphatic carbocycles. The lowest BCUT2D eigenvalue weighted by atomic mass is 10.1. The molecule has 6 nitrogen and oxygen atoms in total. The van der Waals surface area contributed by atoms with Crippen LogP contribution in [-0.2, 0) is 14.3 Å². The maximum Gasteiger partial charge on any atom is 0.305 e. The first-order chi connectivity index (χ1) is 25.0. The van der Waals surface area contributed by atoms with Crippen LogP contribution in [0.15, 0.2) is 24.3 Å². The van der Waals surface area contributed by atoms with E-state index in [2.05, 4.69) is 31.3 Å². The summed E-state index contributed by atoms with van der Waals surface area (Å²) >= 11 is 0. The second kappa shape index (κ2) is 41.1. The van der Waals surface area contributed by atoms with Crippen LogP contribution in [0.2, 0.25) is 0 Å². The number of aliphatic hydroxyl groups excluding tert-OH is 2. The van der Waals surface area contributed by atoms with Crippen molar-refractivity contribution in [2.24, 2.45) is 0 Å². The largest absolute Gasteiger partial charge is 0.466 e. The molecule has 0 saturated heterocycles. The van der Waals surface area contributed by atoms with Crippen molar-refractivity contribution in [2.75, 3.05) is 13.2 Å². The van der Waals surface area contributed by atoms with Gasteiger partial charge in [-0.05, 0) is 57.8 Å². The molecule has 0 aromatic heterocycles. The number of aliphatic hydroxyl groups is 2. The second-order valence-electron chi connectivity index (χ2n) is 15.0. The third kappa shape index (κ3) is 37.9. The summed E-state index contributed by atoms with van der Waals surface area (Å²) in [6, 6.07) is -0.642. The molecule has 6 heteroatoms. The number of nitrogens with one attached hydrogen (secondary N) is 1. The van der Waals surface area contributed by atoms with Gasteiger partial charge in [0, 0.05) is 12.8 Å². The molecule has 0 rings (SSSR count). The van der Waals surface area contributed by atoms with Crippen molar-refractivity contribution >= 4 is 11.9 Å². The molecule has 51 heavy (non-hydrogen) atoms. The number of carbonyl (C=O) groups excluding carboxylic acids is 2. The fraction of sp³-hybridized carbons (Fsp3) is 0.867. The maximum absolute atomic E-state index is 12.3. The Kier molecular flexibility index (Phi) is 39.8. The molecular weight excluding hydrogens is 634 g/mol. The van der Waals surface area contributed by atoms with Gasteiger partial charge in [0.25, 0.3) is 0 Å². The molecule has 0 aliphatic rings. The highest BCUT2D eigenvalue weighted by Gasteiger charge is 2.18. The Morgan fingerprint density at radius 3 is 1.39 bits per heavy atom. The van der Waals surface area contributed by atoms with Crippen LogP contribution in [-0.4, -0.2) is 47.4 Å². The van der Waals surface area contributed by atoms with Crippen molar-refractivity contribution in [1.29, 1.82) is 0 Å². The Labute approximate surface area is 316 Å². The molecule has 0 aromatic carbocycles. The minimum Gasteiger partial charge on any atom is -0.466 e. The van der Waals surface area contributed by atoms with Crippen molar-refractivity contribution in [3.05, 3.63) is 24.3 Å². The van der Waals surface area contributed by atoms with Gasteiger partial charge in [0.05, 0.1) is 25.4 Å². The smallest absolute Gasteiger partial charge is 0.305 e. The monoisotopic (exact) mass is 720 g/mol. The minimum atomic E-state index is -0.856. The van der Waals surface area contributed by atoms with E-state index in [9.17, 15) is 19.8 Å². The van der Waals surface area contributed by atoms with Gasteiger partial charge in [-0.25, -0.2) is 0 Å². The van der Waals surface area contributed by atoms with Crippen molar-refractivity contribution in [1.82, 2.24) is 5.32 Å². The number of hydrogen-bond donors (Lipinski definition) is 3. The van der Waals surface area contributed by atoms with Crippen LogP contribution in [0.4, 0.5) is 0 Å². The first kappa shape index (κ1) is 49.3. The summed E-state index contributed by atoms with van der Waals surface area (Å²) in [4.78, 5) is 24.3. The van der Waals surface area contributed by atoms with Crippen LogP contribution < -0.4 is 5.32 Å². The Hall–Kier alpha value is -1.66. The van der Waals surface area contributed by atoms with Crippen LogP contribution in [0.5, 0.6) is 0 Å². The highest BCUT2D eigenvalue weighted by atomic mass is 16.5. The predicted octanol–water partition coefficient (Wildman–Crippen LogP) is 12.4. The Bertz CT molecular complexity index is 797. The predicted molar refractivity (Wildman–Crippen MR) is 218 cm³/mol. The van der Waals surface area contributed by atoms with Crippen LogP contribution in [0.25, 0.3) is 0 Å². The average molecular weight is 720 g/mol. The molecule has 2 atom stereocenters. The van der Waals surface area contributed by atoms with Crippen molar-refractivity contribution < 1.29 is 24.5 Å². The molecule has 0 bridgehead atoms. The normalized spacial score (nSPS) is 12.9. The zero-order valence-corrected chi connectivity index (χ0v) is 33.8. The van der Waals surface area contributed by atoms with Crippen LogP contribution in [0, 0.1) is 0 Å². The third-order valence-corrected chi connectivity index (χ3v) is 9.97. The molecular formula is C45H85NO5. The molecule has 0 saturated carbocycles. The molecule has 0 fully saturated rings. The van der Waals surface area contributed by atoms with Crippen LogP contribution in [0.1, 0.15) is 226 Å². The van der Waals surface area contributed by atoms with E-state index in [1.807, 2.05) is 6.08 Å². The number of unbranched alkanes of at least 4 members (excludes halogenated alkanes) is 27. The average Bonchev–Trinajstić information content (AvgIpc) is 3.13. The van der Waals surface area contributed by atoms with E-state index in [0.717, 1.165) is 57.8 Å². The molecule has 0 aromatic rings. The molecule has 0 aliphatic heterocycles. The molecule has 2 unspecified atom stereocenters. The van der Waals surface area contributed by atoms with Gasteiger partial charge in [0.2, 0.25) is 5.91 Å². The van der Waals surface area contributed by atoms with E-state index >= 15 is 0 Å². The molecule has 0 heterocycles. The molecule has 0 radical (unpaired) electrons. The second-order valence-corrected chi connectivity index (χ2v) is 15.0. The van der Waals surface area contributed by atoms with E-state index < -0.39 is 12.1 Å². The lowest BCUT2D eigenvalue weighted by Gasteiger charge is -2.20. The Morgan fingerprint density at radius 1 is 0.529 bits per heavy atom. The molecule has 0 spiro atoms. The number of hydrogen-bond acceptors (Lipinski definition) is 5. The number of amides is 1. The number of carbonyl (C=O) groups is 2. The van der Waals surface area contributed by atoms with Crippen molar-refractivity contribution in [2.45, 2.75) is 238 Å². The number of rotatable bonds is 40. The summed E-state index contributed by atoms with van der Waals surface area (Å²) in [5, 5.41) is 22.8. The quantitative estimate of drug-likeness (QED) is 0.0333. The summed E-state index contributed by atoms with van der Waals surface area (Å²) in [5.74, 6) is -0.125. The van der Waals surface area contributed by atoms with Gasteiger partial charge in [0.1, 0.15) is 0 Å². The van der Waals surface area contributed by atoms with E-state index in [1.165, 1.54) is 141 Å². The summed E-state index contributed by atoms with van der Waals surface area (Å²) in [6.07, 6.45) is 45.9. The Morgan fingerprint density at radius 2 is 0.922 bits per heavy atom. The SMILES string of the molecule is CCCCCCCC/C=C\CCCCCCCC(=O)OCCCCCCCCCCCCC(=O)NC(CO)C(O)/C=C/CCCCCCCCC. The number of esters is 1. The van der Waals surface area contributed by atoms with E-state index in [0.29, 0.717) is 19.4 Å². The number of ether oxygens (including phenoxy) is 1. The lowest BCUT2D eigenvalue weighted by molar-refractivity contribution is -0.143. The van der Waals surface area contributed by atoms with Gasteiger partial charge in [-0.2, -0.15) is 0 Å². The van der Waals surface area contributed by atoms with E-state index in [4.69, 9.17) is 4.74 Å². The van der Waals surface area contributed by atoms with Crippen molar-refractivity contribution in [3.8, 4) is 0 Å². The maximum atomic E-state index is 12.3. The van der Waals surface area contributed by atoms with Gasteiger partial charge in [0.15, 0.2) is 0 Å². The van der Waals surface area contributed by atoms with Crippen molar-refractivity contribution in [3.63, 3.8) is 0 Å². The zero-order valence-electron chi connectivity index (χ0n) is 33.8. The lowest BCUT2D eigenvalue weighted by Crippen LogP contribution is -2.45. The summed E-state index contributed by atoms with van der Waals surface area (Å²) in [5.41, 5.74) is 0. The first-order valence-electron chi connectivity index (χ1n) is 22.1. The fourth-order valence-corrected chi connectivity index (χ4v) is 6.51. The highest BCUT2D eigenvalue weighted by Crippen LogP contribution is 2.14. The fourth-order valence-electron chi connectivity index (χ4n) is 6.51. The van der Waals surface area contributed by atoms with Crippen LogP contribution in [0.3, 0.4) is 0 Å². The summed E-state index contributed by atoms with van der Waals surface area (Å²) < 4.78 is 5.43. The van der Waals surface area contributed by atoms with Crippen LogP contribution >= 0.6 is 0 Å². The van der Waals surface area contributed by atoms with E-state index in [1.54, 1.807) is 6.08 Å². The summed E-state index contributed by atoms with van der Waals surface area (Å²) in [6.45, 7) is 4.79. The van der Waals surface area contributed by atoms with Gasteiger partial charge in [-0.15, -0.1) is 0 Å². The minimum absolute atomic E-state index is 0.0302. The first-order valence-corrected chi connectivity index (χ1v) is 22.1. The van der Waals surface area contributed by atoms with E-state index in [-0.39, 0.29) is 18.5 Å². The number of allylic oxidation sites excluding steroid dienone is 3. The van der Waals surface area contributed by atoms with Gasteiger partial charge >= 0.3 is 5.97 Å².